The van der Waals surface area contributed by atoms with Crippen LogP contribution in [0.3, 0.4) is 0 Å². The lowest BCUT2D eigenvalue weighted by atomic mass is 10.0. The van der Waals surface area contributed by atoms with Crippen LogP contribution in [-0.2, 0) is 0 Å². The number of carbonyl (C=O) groups excluding carboxylic acids is 1. The van der Waals surface area contributed by atoms with Crippen molar-refractivity contribution in [1.29, 1.82) is 0 Å². The molecule has 0 saturated carbocycles. The van der Waals surface area contributed by atoms with Gasteiger partial charge in [-0.1, -0.05) is 0 Å². The standard InChI is InChI=1S/C19H22N8O2/c1-3-29-18-7-4-15(21-23-18)19(28)26-10-13-8-25(9-14(13)11-26)17-6-5-16-22-20-12(2)27(16)24-17/h4-7,13-14H,3,8-11H2,1-2H3. The van der Waals surface area contributed by atoms with Crippen molar-refractivity contribution in [2.24, 2.45) is 11.8 Å². The molecule has 5 rings (SSSR count). The lowest BCUT2D eigenvalue weighted by Crippen LogP contribution is -2.34. The molecule has 5 heterocycles. The second-order valence-electron chi connectivity index (χ2n) is 7.53. The summed E-state index contributed by atoms with van der Waals surface area (Å²) in [4.78, 5) is 17.0. The maximum Gasteiger partial charge on any atom is 0.274 e. The SMILES string of the molecule is CCOc1ccc(C(=O)N2CC3CN(c4ccc5nnc(C)n5n4)CC3C2)nn1. The Labute approximate surface area is 167 Å². The summed E-state index contributed by atoms with van der Waals surface area (Å²) in [5, 5.41) is 20.8. The number of anilines is 1. The Bertz CT molecular complexity index is 1040. The van der Waals surface area contributed by atoms with Crippen LogP contribution in [0.5, 0.6) is 5.88 Å². The van der Waals surface area contributed by atoms with Gasteiger partial charge >= 0.3 is 0 Å². The van der Waals surface area contributed by atoms with Crippen molar-refractivity contribution in [2.75, 3.05) is 37.7 Å². The van der Waals surface area contributed by atoms with Gasteiger partial charge in [0.25, 0.3) is 5.91 Å². The first-order valence-electron chi connectivity index (χ1n) is 9.82. The zero-order chi connectivity index (χ0) is 20.0. The molecular weight excluding hydrogens is 372 g/mol. The smallest absolute Gasteiger partial charge is 0.274 e. The van der Waals surface area contributed by atoms with E-state index in [2.05, 4.69) is 30.4 Å². The van der Waals surface area contributed by atoms with E-state index in [1.807, 2.05) is 30.9 Å². The maximum atomic E-state index is 12.8. The molecule has 0 bridgehead atoms. The number of hydrogen-bond donors (Lipinski definition) is 0. The molecule has 3 aromatic rings. The Balaban J connectivity index is 1.25. The van der Waals surface area contributed by atoms with E-state index >= 15 is 0 Å². The van der Waals surface area contributed by atoms with Crippen LogP contribution >= 0.6 is 0 Å². The number of likely N-dealkylation sites (tertiary alicyclic amines) is 1. The largest absolute Gasteiger partial charge is 0.477 e. The Morgan fingerprint density at radius 3 is 2.52 bits per heavy atom. The molecule has 0 radical (unpaired) electrons. The van der Waals surface area contributed by atoms with Crippen molar-refractivity contribution in [1.82, 2.24) is 34.9 Å². The van der Waals surface area contributed by atoms with Gasteiger partial charge in [0.1, 0.15) is 5.82 Å². The molecule has 2 saturated heterocycles. The lowest BCUT2D eigenvalue weighted by molar-refractivity contribution is 0.0775. The summed E-state index contributed by atoms with van der Waals surface area (Å²) in [6, 6.07) is 7.30. The summed E-state index contributed by atoms with van der Waals surface area (Å²) in [7, 11) is 0. The molecule has 0 N–H and O–H groups in total. The number of fused-ring (bicyclic) bond motifs is 2. The van der Waals surface area contributed by atoms with E-state index in [4.69, 9.17) is 4.74 Å². The molecule has 2 fully saturated rings. The molecule has 0 spiro atoms. The molecule has 2 aliphatic heterocycles. The predicted molar refractivity (Wildman–Crippen MR) is 104 cm³/mol. The fraction of sp³-hybridized carbons (Fsp3) is 0.474. The van der Waals surface area contributed by atoms with E-state index in [1.54, 1.807) is 16.6 Å². The zero-order valence-electron chi connectivity index (χ0n) is 16.4. The van der Waals surface area contributed by atoms with E-state index in [-0.39, 0.29) is 5.91 Å². The highest BCUT2D eigenvalue weighted by Gasteiger charge is 2.42. The minimum Gasteiger partial charge on any atom is -0.477 e. The van der Waals surface area contributed by atoms with Gasteiger partial charge in [-0.25, -0.2) is 0 Å². The fourth-order valence-corrected chi connectivity index (χ4v) is 4.22. The monoisotopic (exact) mass is 394 g/mol. The third-order valence-electron chi connectivity index (χ3n) is 5.65. The first kappa shape index (κ1) is 17.8. The van der Waals surface area contributed by atoms with Crippen molar-refractivity contribution < 1.29 is 9.53 Å². The topological polar surface area (TPSA) is 102 Å². The fourth-order valence-electron chi connectivity index (χ4n) is 4.22. The number of carbonyl (C=O) groups is 1. The van der Waals surface area contributed by atoms with Crippen molar-refractivity contribution in [3.8, 4) is 5.88 Å². The quantitative estimate of drug-likeness (QED) is 0.641. The number of ether oxygens (including phenoxy) is 1. The van der Waals surface area contributed by atoms with Crippen LogP contribution in [0.15, 0.2) is 24.3 Å². The summed E-state index contributed by atoms with van der Waals surface area (Å²) < 4.78 is 7.06. The molecule has 0 aliphatic carbocycles. The Morgan fingerprint density at radius 2 is 1.83 bits per heavy atom. The summed E-state index contributed by atoms with van der Waals surface area (Å²) in [5.74, 6) is 2.91. The van der Waals surface area contributed by atoms with Crippen molar-refractivity contribution in [2.45, 2.75) is 13.8 Å². The molecule has 0 aromatic carbocycles. The van der Waals surface area contributed by atoms with Gasteiger partial charge in [0, 0.05) is 44.1 Å². The van der Waals surface area contributed by atoms with Crippen molar-refractivity contribution >= 4 is 17.4 Å². The number of aromatic nitrogens is 6. The second-order valence-corrected chi connectivity index (χ2v) is 7.53. The average molecular weight is 394 g/mol. The number of aryl methyl sites for hydroxylation is 1. The van der Waals surface area contributed by atoms with Gasteiger partial charge in [-0.15, -0.1) is 25.5 Å². The molecule has 29 heavy (non-hydrogen) atoms. The van der Waals surface area contributed by atoms with Crippen LogP contribution in [0.25, 0.3) is 5.65 Å². The van der Waals surface area contributed by atoms with Crippen LogP contribution in [0, 0.1) is 18.8 Å². The van der Waals surface area contributed by atoms with Gasteiger partial charge in [0.2, 0.25) is 5.88 Å². The molecule has 2 unspecified atom stereocenters. The van der Waals surface area contributed by atoms with Crippen LogP contribution in [0.4, 0.5) is 5.82 Å². The number of rotatable bonds is 4. The summed E-state index contributed by atoms with van der Waals surface area (Å²) >= 11 is 0. The van der Waals surface area contributed by atoms with Gasteiger partial charge in [-0.2, -0.15) is 4.52 Å². The molecule has 10 nitrogen and oxygen atoms in total. The first-order valence-corrected chi connectivity index (χ1v) is 9.82. The molecule has 3 aromatic heterocycles. The van der Waals surface area contributed by atoms with Crippen LogP contribution in [0.2, 0.25) is 0 Å². The highest BCUT2D eigenvalue weighted by molar-refractivity contribution is 5.92. The van der Waals surface area contributed by atoms with E-state index in [0.717, 1.165) is 43.5 Å². The maximum absolute atomic E-state index is 12.8. The first-order chi connectivity index (χ1) is 14.1. The Morgan fingerprint density at radius 1 is 1.03 bits per heavy atom. The molecule has 10 heteroatoms. The van der Waals surface area contributed by atoms with Crippen molar-refractivity contribution in [3.05, 3.63) is 35.8 Å². The minimum absolute atomic E-state index is 0.0684. The van der Waals surface area contributed by atoms with E-state index < -0.39 is 0 Å². The highest BCUT2D eigenvalue weighted by Crippen LogP contribution is 2.33. The zero-order valence-corrected chi connectivity index (χ0v) is 16.4. The number of nitrogens with zero attached hydrogens (tertiary/aromatic N) is 8. The van der Waals surface area contributed by atoms with Gasteiger partial charge in [0.05, 0.1) is 6.61 Å². The van der Waals surface area contributed by atoms with Gasteiger partial charge in [0.15, 0.2) is 17.2 Å². The summed E-state index contributed by atoms with van der Waals surface area (Å²) in [6.07, 6.45) is 0. The number of amides is 1. The average Bonchev–Trinajstić information content (AvgIpc) is 3.41. The predicted octanol–water partition coefficient (Wildman–Crippen LogP) is 0.830. The van der Waals surface area contributed by atoms with E-state index in [0.29, 0.717) is 30.0 Å². The molecule has 1 amide bonds. The molecule has 2 atom stereocenters. The van der Waals surface area contributed by atoms with Crippen molar-refractivity contribution in [3.63, 3.8) is 0 Å². The van der Waals surface area contributed by atoms with Crippen LogP contribution in [0.1, 0.15) is 23.2 Å². The molecular formula is C19H22N8O2. The van der Waals surface area contributed by atoms with Gasteiger partial charge in [-0.3, -0.25) is 4.79 Å². The molecule has 150 valence electrons. The lowest BCUT2D eigenvalue weighted by Gasteiger charge is -2.22. The third kappa shape index (κ3) is 3.14. The summed E-state index contributed by atoms with van der Waals surface area (Å²) in [5.41, 5.74) is 1.11. The Kier molecular flexibility index (Phi) is 4.26. The van der Waals surface area contributed by atoms with Gasteiger partial charge < -0.3 is 14.5 Å². The van der Waals surface area contributed by atoms with Crippen LogP contribution in [-0.4, -0.2) is 73.6 Å². The third-order valence-corrected chi connectivity index (χ3v) is 5.65. The highest BCUT2D eigenvalue weighted by atomic mass is 16.5. The van der Waals surface area contributed by atoms with E-state index in [1.165, 1.54) is 0 Å². The normalized spacial score (nSPS) is 21.0. The second kappa shape index (κ2) is 6.94. The van der Waals surface area contributed by atoms with Gasteiger partial charge in [-0.05, 0) is 32.0 Å². The van der Waals surface area contributed by atoms with E-state index in [9.17, 15) is 4.79 Å². The molecule has 2 aliphatic rings. The minimum atomic E-state index is -0.0684. The Hall–Kier alpha value is -3.30. The van der Waals surface area contributed by atoms with Crippen LogP contribution < -0.4 is 9.64 Å². The number of hydrogen-bond acceptors (Lipinski definition) is 8. The summed E-state index contributed by atoms with van der Waals surface area (Å²) in [6.45, 7) is 7.50.